The first-order valence-electron chi connectivity index (χ1n) is 14.1. The molecule has 0 aromatic heterocycles. The third kappa shape index (κ3) is 2.77. The second kappa shape index (κ2) is 6.99. The van der Waals surface area contributed by atoms with Crippen LogP contribution in [0.4, 0.5) is 0 Å². The van der Waals surface area contributed by atoms with Crippen LogP contribution in [0.5, 0.6) is 0 Å². The lowest BCUT2D eigenvalue weighted by atomic mass is 9.41. The van der Waals surface area contributed by atoms with Crippen molar-refractivity contribution in [2.45, 2.75) is 132 Å². The van der Waals surface area contributed by atoms with Gasteiger partial charge in [-0.15, -0.1) is 0 Å². The molecule has 5 saturated carbocycles. The molecule has 0 amide bonds. The van der Waals surface area contributed by atoms with Crippen LogP contribution >= 0.6 is 0 Å². The fourth-order valence-electron chi connectivity index (χ4n) is 11.4. The van der Waals surface area contributed by atoms with Crippen LogP contribution in [0.1, 0.15) is 126 Å². The molecule has 2 spiro atoms. The second-order valence-electron chi connectivity index (χ2n) is 14.9. The molecule has 0 heterocycles. The Hall–Kier alpha value is -0.0400. The van der Waals surface area contributed by atoms with Gasteiger partial charge < -0.3 is 5.11 Å². The van der Waals surface area contributed by atoms with Crippen molar-refractivity contribution < 1.29 is 5.11 Å². The van der Waals surface area contributed by atoms with Crippen molar-refractivity contribution in [3.8, 4) is 0 Å². The van der Waals surface area contributed by atoms with Gasteiger partial charge in [0.15, 0.2) is 0 Å². The molecule has 0 aromatic rings. The lowest BCUT2D eigenvalue weighted by Crippen LogP contribution is -2.58. The van der Waals surface area contributed by atoms with E-state index < -0.39 is 0 Å². The predicted molar refractivity (Wildman–Crippen MR) is 131 cm³/mol. The first-order chi connectivity index (χ1) is 14.4. The minimum atomic E-state index is -0.0805. The van der Waals surface area contributed by atoms with E-state index in [4.69, 9.17) is 0 Å². The number of hydrogen-bond acceptors (Lipinski definition) is 1. The maximum atomic E-state index is 11.8. The van der Waals surface area contributed by atoms with E-state index in [0.29, 0.717) is 27.6 Å². The van der Waals surface area contributed by atoms with Crippen molar-refractivity contribution in [1.82, 2.24) is 0 Å². The lowest BCUT2D eigenvalue weighted by molar-refractivity contribution is -0.169. The topological polar surface area (TPSA) is 20.2 Å². The lowest BCUT2D eigenvalue weighted by Gasteiger charge is -2.63. The third-order valence-corrected chi connectivity index (χ3v) is 13.1. The quantitative estimate of drug-likeness (QED) is 0.467. The number of aliphatic hydroxyl groups excluding tert-OH is 1. The maximum absolute atomic E-state index is 11.8. The molecule has 5 aliphatic carbocycles. The van der Waals surface area contributed by atoms with Crippen LogP contribution in [0.2, 0.25) is 0 Å². The highest BCUT2D eigenvalue weighted by Crippen LogP contribution is 2.89. The van der Waals surface area contributed by atoms with E-state index in [2.05, 4.69) is 48.5 Å². The van der Waals surface area contributed by atoms with E-state index >= 15 is 0 Å². The Bertz CT molecular complexity index is 709. The van der Waals surface area contributed by atoms with Gasteiger partial charge in [0.05, 0.1) is 6.10 Å². The van der Waals surface area contributed by atoms with Crippen molar-refractivity contribution in [2.24, 2.45) is 56.7 Å². The Morgan fingerprint density at radius 1 is 0.839 bits per heavy atom. The molecule has 0 aromatic carbocycles. The van der Waals surface area contributed by atoms with Gasteiger partial charge in [0.1, 0.15) is 0 Å². The molecule has 9 atom stereocenters. The fourth-order valence-corrected chi connectivity index (χ4v) is 11.4. The Labute approximate surface area is 193 Å². The van der Waals surface area contributed by atoms with E-state index in [1.54, 1.807) is 0 Å². The molecule has 31 heavy (non-hydrogen) atoms. The number of hydrogen-bond donors (Lipinski definition) is 1. The highest BCUT2D eigenvalue weighted by Gasteiger charge is 2.82. The molecular weight excluding hydrogens is 376 g/mol. The summed E-state index contributed by atoms with van der Waals surface area (Å²) >= 11 is 0. The predicted octanol–water partition coefficient (Wildman–Crippen LogP) is 8.25. The maximum Gasteiger partial charge on any atom is 0.0604 e. The summed E-state index contributed by atoms with van der Waals surface area (Å²) in [5.74, 6) is 4.01. The minimum absolute atomic E-state index is 0.0805. The number of aliphatic hydroxyl groups is 1. The molecule has 0 aliphatic heterocycles. The fraction of sp³-hybridized carbons (Fsp3) is 1.00. The summed E-state index contributed by atoms with van der Waals surface area (Å²) in [5.41, 5.74) is 2.23. The van der Waals surface area contributed by atoms with Crippen LogP contribution in [-0.4, -0.2) is 11.2 Å². The normalized spacial score (nSPS) is 53.3. The van der Waals surface area contributed by atoms with Crippen LogP contribution in [0.25, 0.3) is 0 Å². The summed E-state index contributed by atoms with van der Waals surface area (Å²) in [6, 6.07) is 0. The van der Waals surface area contributed by atoms with Gasteiger partial charge in [-0.25, -0.2) is 0 Å². The molecule has 1 N–H and O–H groups in total. The van der Waals surface area contributed by atoms with Gasteiger partial charge in [-0.05, 0) is 103 Å². The smallest absolute Gasteiger partial charge is 0.0604 e. The van der Waals surface area contributed by atoms with Crippen molar-refractivity contribution in [1.29, 1.82) is 0 Å². The van der Waals surface area contributed by atoms with Crippen molar-refractivity contribution in [2.75, 3.05) is 0 Å². The molecule has 5 fully saturated rings. The van der Waals surface area contributed by atoms with E-state index in [1.807, 2.05) is 0 Å². The van der Waals surface area contributed by atoms with Gasteiger partial charge in [0, 0.05) is 5.41 Å². The van der Waals surface area contributed by atoms with Crippen molar-refractivity contribution in [3.05, 3.63) is 0 Å². The van der Waals surface area contributed by atoms with Crippen LogP contribution in [0.15, 0.2) is 0 Å². The van der Waals surface area contributed by atoms with Gasteiger partial charge in [-0.1, -0.05) is 74.1 Å². The molecule has 1 nitrogen and oxygen atoms in total. The summed E-state index contributed by atoms with van der Waals surface area (Å²) in [4.78, 5) is 0. The molecule has 1 heteroatoms. The van der Waals surface area contributed by atoms with Gasteiger partial charge in [-0.3, -0.25) is 0 Å². The highest BCUT2D eigenvalue weighted by atomic mass is 16.3. The monoisotopic (exact) mass is 428 g/mol. The van der Waals surface area contributed by atoms with Crippen LogP contribution in [-0.2, 0) is 0 Å². The highest BCUT2D eigenvalue weighted by molar-refractivity contribution is 5.31. The Morgan fingerprint density at radius 2 is 1.52 bits per heavy atom. The average Bonchev–Trinajstić information content (AvgIpc) is 3.29. The molecule has 0 radical (unpaired) electrons. The second-order valence-corrected chi connectivity index (χ2v) is 14.9. The van der Waals surface area contributed by atoms with E-state index in [1.165, 1.54) is 70.6 Å². The van der Waals surface area contributed by atoms with Crippen molar-refractivity contribution in [3.63, 3.8) is 0 Å². The van der Waals surface area contributed by atoms with Crippen molar-refractivity contribution >= 4 is 0 Å². The number of fused-ring (bicyclic) bond motifs is 2. The SMILES string of the molecule is CC(C)CCC[C@@H](C)[C@H]1CC(O)[C@@]2(C)[C@H]3CC[C@H]4C(C)(C)CCC[C@@]45C[C@@]35CC[C@]12C. The van der Waals surface area contributed by atoms with Crippen LogP contribution in [0.3, 0.4) is 0 Å². The third-order valence-electron chi connectivity index (χ3n) is 13.1. The Kier molecular flexibility index (Phi) is 5.13. The summed E-state index contributed by atoms with van der Waals surface area (Å²) < 4.78 is 0. The largest absolute Gasteiger partial charge is 0.393 e. The zero-order chi connectivity index (χ0) is 22.4. The van der Waals surface area contributed by atoms with Gasteiger partial charge in [-0.2, -0.15) is 0 Å². The molecule has 5 rings (SSSR count). The molecule has 0 bridgehead atoms. The molecule has 5 aliphatic rings. The summed E-state index contributed by atoms with van der Waals surface area (Å²) in [7, 11) is 0. The molecular formula is C30H52O. The first kappa shape index (κ1) is 22.7. The van der Waals surface area contributed by atoms with E-state index in [0.717, 1.165) is 30.1 Å². The van der Waals surface area contributed by atoms with Gasteiger partial charge >= 0.3 is 0 Å². The van der Waals surface area contributed by atoms with E-state index in [-0.39, 0.29) is 11.5 Å². The first-order valence-corrected chi connectivity index (χ1v) is 14.1. The molecule has 1 unspecified atom stereocenters. The van der Waals surface area contributed by atoms with Gasteiger partial charge in [0.25, 0.3) is 0 Å². The Morgan fingerprint density at radius 3 is 2.23 bits per heavy atom. The van der Waals surface area contributed by atoms with E-state index in [9.17, 15) is 5.11 Å². The minimum Gasteiger partial charge on any atom is -0.393 e. The van der Waals surface area contributed by atoms with Gasteiger partial charge in [0.2, 0.25) is 0 Å². The van der Waals surface area contributed by atoms with Crippen LogP contribution < -0.4 is 0 Å². The standard InChI is InChI=1S/C30H52O/c1-20(2)10-8-11-21(3)22-18-25(31)28(7)24-13-12-23-26(4,5)14-9-15-29(23)19-30(24,29)17-16-27(22,28)6/h20-25,31H,8-19H2,1-7H3/t21-,22-,23+,24-,25?,27-,28-,29-,30+/m1/s1. The summed E-state index contributed by atoms with van der Waals surface area (Å²) in [5, 5.41) is 11.8. The zero-order valence-electron chi connectivity index (χ0n) is 21.9. The van der Waals surface area contributed by atoms with Crippen LogP contribution in [0, 0.1) is 56.7 Å². The molecule has 0 saturated heterocycles. The number of rotatable bonds is 5. The Balaban J connectivity index is 1.42. The average molecular weight is 429 g/mol. The summed E-state index contributed by atoms with van der Waals surface area (Å²) in [6.45, 7) is 17.6. The molecule has 178 valence electrons. The zero-order valence-corrected chi connectivity index (χ0v) is 21.9. The summed E-state index contributed by atoms with van der Waals surface area (Å²) in [6.07, 6.45) is 16.7.